The molecule has 4 aliphatic rings. The van der Waals surface area contributed by atoms with Gasteiger partial charge >= 0.3 is 6.01 Å². The molecule has 1 saturated carbocycles. The second-order valence-electron chi connectivity index (χ2n) is 14.0. The number of carbonyl (C=O) groups excluding carboxylic acids is 1. The summed E-state index contributed by atoms with van der Waals surface area (Å²) >= 11 is 0. The van der Waals surface area contributed by atoms with Gasteiger partial charge in [-0.15, -0.1) is 0 Å². The number of rotatable bonds is 7. The number of nitrogens with zero attached hydrogens (tertiary/aromatic N) is 5. The summed E-state index contributed by atoms with van der Waals surface area (Å²) in [5, 5.41) is 14.9. The normalized spacial score (nSPS) is 26.8. The Morgan fingerprint density at radius 2 is 1.94 bits per heavy atom. The number of carbonyl (C=O) groups is 1. The van der Waals surface area contributed by atoms with Crippen molar-refractivity contribution in [3.05, 3.63) is 47.7 Å². The SMILES string of the molecule is CCc1c(F)ccc2cc(O)cc(-c3ncc4c(N5C[C@H]6CC[C@@H](C5)C6C(=O)NC)nc(OC[C@@]56CCCN5C[C@H](F)C6)nc4c3F)c12. The van der Waals surface area contributed by atoms with Crippen LogP contribution in [0.25, 0.3) is 32.9 Å². The number of benzene rings is 2. The Morgan fingerprint density at radius 1 is 1.15 bits per heavy atom. The van der Waals surface area contributed by atoms with Crippen LogP contribution >= 0.6 is 0 Å². The molecule has 4 aromatic rings. The number of pyridine rings is 1. The molecule has 2 aromatic carbocycles. The van der Waals surface area contributed by atoms with Crippen LogP contribution in [-0.4, -0.2) is 82.4 Å². The molecule has 252 valence electrons. The molecule has 0 spiro atoms. The highest BCUT2D eigenvalue weighted by Crippen LogP contribution is 2.46. The number of aromatic hydroxyl groups is 1. The molecule has 0 radical (unpaired) electrons. The third-order valence-corrected chi connectivity index (χ3v) is 11.3. The maximum atomic E-state index is 17.0. The monoisotopic (exact) mass is 660 g/mol. The number of phenolic OH excluding ortho intramolecular Hbond substituents is 1. The number of nitrogens with one attached hydrogen (secondary N) is 1. The third-order valence-electron chi connectivity index (χ3n) is 11.3. The van der Waals surface area contributed by atoms with Gasteiger partial charge in [-0.3, -0.25) is 14.7 Å². The largest absolute Gasteiger partial charge is 0.508 e. The van der Waals surface area contributed by atoms with Crippen LogP contribution in [0.3, 0.4) is 0 Å². The minimum absolute atomic E-state index is 0.0118. The average Bonchev–Trinajstić information content (AvgIpc) is 3.69. The van der Waals surface area contributed by atoms with E-state index in [0.29, 0.717) is 60.0 Å². The Kier molecular flexibility index (Phi) is 7.61. The zero-order valence-corrected chi connectivity index (χ0v) is 27.1. The van der Waals surface area contributed by atoms with Gasteiger partial charge < -0.3 is 20.1 Å². The highest BCUT2D eigenvalue weighted by atomic mass is 19.1. The summed E-state index contributed by atoms with van der Waals surface area (Å²) in [5.41, 5.74) is 0.116. The molecule has 8 rings (SSSR count). The minimum atomic E-state index is -0.930. The van der Waals surface area contributed by atoms with Crippen molar-refractivity contribution >= 4 is 33.4 Å². The van der Waals surface area contributed by atoms with E-state index in [1.165, 1.54) is 24.4 Å². The number of phenols is 1. The van der Waals surface area contributed by atoms with Gasteiger partial charge in [0.25, 0.3) is 0 Å². The van der Waals surface area contributed by atoms with Crippen LogP contribution in [0.15, 0.2) is 30.5 Å². The van der Waals surface area contributed by atoms with E-state index in [2.05, 4.69) is 25.1 Å². The summed E-state index contributed by atoms with van der Waals surface area (Å²) in [5.74, 6) is -0.616. The Hall–Kier alpha value is -4.19. The summed E-state index contributed by atoms with van der Waals surface area (Å²) in [6.45, 7) is 4.29. The van der Waals surface area contributed by atoms with E-state index in [4.69, 9.17) is 9.72 Å². The van der Waals surface area contributed by atoms with Crippen molar-refractivity contribution in [2.24, 2.45) is 17.8 Å². The molecule has 2 N–H and O–H groups in total. The Bertz CT molecular complexity index is 1930. The van der Waals surface area contributed by atoms with Crippen molar-refractivity contribution in [1.82, 2.24) is 25.2 Å². The fourth-order valence-corrected chi connectivity index (χ4v) is 9.19. The van der Waals surface area contributed by atoms with Crippen molar-refractivity contribution in [3.63, 3.8) is 0 Å². The number of hydrogen-bond acceptors (Lipinski definition) is 8. The van der Waals surface area contributed by atoms with Gasteiger partial charge in [0.05, 0.1) is 10.9 Å². The van der Waals surface area contributed by atoms with Crippen molar-refractivity contribution in [2.45, 2.75) is 57.2 Å². The highest BCUT2D eigenvalue weighted by Gasteiger charge is 2.50. The Labute approximate surface area is 276 Å². The van der Waals surface area contributed by atoms with E-state index in [1.54, 1.807) is 13.1 Å². The predicted octanol–water partition coefficient (Wildman–Crippen LogP) is 5.55. The van der Waals surface area contributed by atoms with E-state index in [0.717, 1.165) is 32.2 Å². The van der Waals surface area contributed by atoms with Crippen LogP contribution in [0.1, 0.15) is 44.6 Å². The molecule has 2 bridgehead atoms. The van der Waals surface area contributed by atoms with Gasteiger partial charge in [0.15, 0.2) is 5.82 Å². The second-order valence-corrected chi connectivity index (χ2v) is 14.0. The molecule has 12 heteroatoms. The van der Waals surface area contributed by atoms with Crippen LogP contribution in [0.5, 0.6) is 11.8 Å². The number of ether oxygens (including phenoxy) is 1. The van der Waals surface area contributed by atoms with Crippen LogP contribution in [0.4, 0.5) is 19.0 Å². The first-order chi connectivity index (χ1) is 23.2. The number of anilines is 1. The standard InChI is InChI=1S/C36H39F3N6O3/c1-3-24-27(38)8-7-19-11-23(46)12-25(29(19)24)31-30(39)32-26(14-41-31)33(44-15-20-5-6-21(16-44)28(20)34(47)40-2)43-35(42-32)48-18-36-9-4-10-45(36)17-22(37)13-36/h7-8,11-12,14,20-22,28,46H,3-6,9-10,13,15-18H2,1-2H3,(H,40,47)/t20-,21+,22-,28?,36+/m1/s1. The smallest absolute Gasteiger partial charge is 0.319 e. The van der Waals surface area contributed by atoms with Gasteiger partial charge in [0, 0.05) is 50.8 Å². The first-order valence-corrected chi connectivity index (χ1v) is 17.0. The van der Waals surface area contributed by atoms with E-state index in [1.807, 2.05) is 6.92 Å². The number of piperidine rings is 1. The zero-order chi connectivity index (χ0) is 33.3. The topological polar surface area (TPSA) is 104 Å². The van der Waals surface area contributed by atoms with Gasteiger partial charge in [0.1, 0.15) is 41.4 Å². The van der Waals surface area contributed by atoms with Gasteiger partial charge in [-0.2, -0.15) is 9.97 Å². The molecule has 9 nitrogen and oxygen atoms in total. The molecule has 4 fully saturated rings. The minimum Gasteiger partial charge on any atom is -0.508 e. The zero-order valence-electron chi connectivity index (χ0n) is 27.1. The van der Waals surface area contributed by atoms with Gasteiger partial charge in [0.2, 0.25) is 5.91 Å². The van der Waals surface area contributed by atoms with Crippen molar-refractivity contribution in [3.8, 4) is 23.0 Å². The Balaban J connectivity index is 1.26. The molecule has 2 aromatic heterocycles. The predicted molar refractivity (Wildman–Crippen MR) is 176 cm³/mol. The van der Waals surface area contributed by atoms with Crippen molar-refractivity contribution in [1.29, 1.82) is 0 Å². The molecule has 3 saturated heterocycles. The molecule has 1 aliphatic carbocycles. The van der Waals surface area contributed by atoms with Gasteiger partial charge in [-0.1, -0.05) is 13.0 Å². The molecular weight excluding hydrogens is 621 g/mol. The van der Waals surface area contributed by atoms with Crippen LogP contribution < -0.4 is 15.0 Å². The number of hydrogen-bond donors (Lipinski definition) is 2. The molecule has 48 heavy (non-hydrogen) atoms. The molecule has 1 amide bonds. The summed E-state index contributed by atoms with van der Waals surface area (Å²) in [6, 6.07) is 5.82. The lowest BCUT2D eigenvalue weighted by Gasteiger charge is -2.38. The van der Waals surface area contributed by atoms with Gasteiger partial charge in [-0.05, 0) is 85.0 Å². The van der Waals surface area contributed by atoms with Crippen molar-refractivity contribution in [2.75, 3.05) is 44.7 Å². The van der Waals surface area contributed by atoms with E-state index < -0.39 is 23.3 Å². The molecular formula is C36H39F3N6O3. The number of alkyl halides is 1. The molecule has 5 heterocycles. The third kappa shape index (κ3) is 4.93. The summed E-state index contributed by atoms with van der Waals surface area (Å²) < 4.78 is 52.8. The molecule has 5 atom stereocenters. The number of fused-ring (bicyclic) bond motifs is 5. The average molecular weight is 661 g/mol. The number of amides is 1. The van der Waals surface area contributed by atoms with Crippen LogP contribution in [-0.2, 0) is 11.2 Å². The lowest BCUT2D eigenvalue weighted by molar-refractivity contribution is -0.127. The van der Waals surface area contributed by atoms with Crippen molar-refractivity contribution < 1.29 is 27.8 Å². The number of aromatic nitrogens is 3. The van der Waals surface area contributed by atoms with Gasteiger partial charge in [-0.25, -0.2) is 13.2 Å². The van der Waals surface area contributed by atoms with E-state index in [-0.39, 0.29) is 58.8 Å². The number of aryl methyl sites for hydroxylation is 1. The van der Waals surface area contributed by atoms with Crippen LogP contribution in [0, 0.1) is 29.4 Å². The maximum Gasteiger partial charge on any atom is 0.319 e. The highest BCUT2D eigenvalue weighted by molar-refractivity contribution is 6.01. The fourth-order valence-electron chi connectivity index (χ4n) is 9.19. The lowest BCUT2D eigenvalue weighted by Crippen LogP contribution is -2.47. The molecule has 1 unspecified atom stereocenters. The first kappa shape index (κ1) is 31.1. The summed E-state index contributed by atoms with van der Waals surface area (Å²) in [4.78, 5) is 31.0. The summed E-state index contributed by atoms with van der Waals surface area (Å²) in [7, 11) is 1.66. The van der Waals surface area contributed by atoms with E-state index in [9.17, 15) is 14.3 Å². The lowest BCUT2D eigenvalue weighted by atomic mass is 9.84. The Morgan fingerprint density at radius 3 is 2.69 bits per heavy atom. The molecule has 3 aliphatic heterocycles. The quantitative estimate of drug-likeness (QED) is 0.266. The fraction of sp³-hybridized carbons (Fsp3) is 0.500. The summed E-state index contributed by atoms with van der Waals surface area (Å²) in [6.07, 6.45) is 4.89. The maximum absolute atomic E-state index is 17.0. The second kappa shape index (κ2) is 11.7. The number of halogens is 3. The van der Waals surface area contributed by atoms with E-state index >= 15 is 8.78 Å². The first-order valence-electron chi connectivity index (χ1n) is 17.0. The van der Waals surface area contributed by atoms with Crippen LogP contribution in [0.2, 0.25) is 0 Å².